The first-order valence-corrected chi connectivity index (χ1v) is 9.04. The number of fused-ring (bicyclic) bond motifs is 1. The molecule has 0 saturated carbocycles. The molecule has 6 nitrogen and oxygen atoms in total. The number of aryl methyl sites for hydroxylation is 2. The number of benzene rings is 2. The quantitative estimate of drug-likeness (QED) is 0.560. The van der Waals surface area contributed by atoms with Crippen LogP contribution in [0.1, 0.15) is 21.7 Å². The van der Waals surface area contributed by atoms with Crippen molar-refractivity contribution in [3.8, 4) is 16.9 Å². The van der Waals surface area contributed by atoms with Crippen LogP contribution in [0.3, 0.4) is 0 Å². The number of hydrogen-bond acceptors (Lipinski definition) is 4. The van der Waals surface area contributed by atoms with Gasteiger partial charge in [0.2, 0.25) is 0 Å². The molecule has 4 rings (SSSR count). The largest absolute Gasteiger partial charge is 0.497 e. The lowest BCUT2D eigenvalue weighted by Gasteiger charge is -2.10. The van der Waals surface area contributed by atoms with E-state index < -0.39 is 0 Å². The van der Waals surface area contributed by atoms with E-state index in [1.807, 2.05) is 13.8 Å². The van der Waals surface area contributed by atoms with Gasteiger partial charge in [0.1, 0.15) is 11.6 Å². The van der Waals surface area contributed by atoms with Gasteiger partial charge >= 0.3 is 0 Å². The zero-order valence-corrected chi connectivity index (χ0v) is 16.2. The van der Waals surface area contributed by atoms with Crippen LogP contribution >= 0.6 is 0 Å². The Bertz CT molecular complexity index is 1220. The fraction of sp³-hybridized carbons (Fsp3) is 0.136. The van der Waals surface area contributed by atoms with E-state index in [-0.39, 0.29) is 11.7 Å². The maximum Gasteiger partial charge on any atom is 0.259 e. The second-order valence-electron chi connectivity index (χ2n) is 6.65. The highest BCUT2D eigenvalue weighted by Gasteiger charge is 2.19. The molecule has 0 unspecified atom stereocenters. The van der Waals surface area contributed by atoms with Gasteiger partial charge in [-0.3, -0.25) is 4.79 Å². The first-order chi connectivity index (χ1) is 14.0. The van der Waals surface area contributed by atoms with Crippen molar-refractivity contribution in [1.82, 2.24) is 14.6 Å². The number of carbonyl (C=O) groups is 1. The summed E-state index contributed by atoms with van der Waals surface area (Å²) in [6.07, 6.45) is 1.54. The second-order valence-corrected chi connectivity index (χ2v) is 6.65. The van der Waals surface area contributed by atoms with E-state index in [1.165, 1.54) is 18.3 Å². The molecule has 2 aromatic carbocycles. The molecule has 2 heterocycles. The molecular formula is C22H19FN4O2. The van der Waals surface area contributed by atoms with Gasteiger partial charge in [0.15, 0.2) is 5.65 Å². The first kappa shape index (κ1) is 18.6. The van der Waals surface area contributed by atoms with Crippen molar-refractivity contribution in [2.75, 3.05) is 12.4 Å². The van der Waals surface area contributed by atoms with E-state index >= 15 is 0 Å². The summed E-state index contributed by atoms with van der Waals surface area (Å²) < 4.78 is 20.1. The molecular weight excluding hydrogens is 371 g/mol. The Morgan fingerprint density at radius 3 is 2.62 bits per heavy atom. The molecule has 0 aliphatic rings. The molecule has 0 aliphatic carbocycles. The van der Waals surface area contributed by atoms with Gasteiger partial charge in [-0.25, -0.2) is 13.9 Å². The third-order valence-corrected chi connectivity index (χ3v) is 4.76. The summed E-state index contributed by atoms with van der Waals surface area (Å²) in [7, 11) is 1.57. The number of amides is 1. The SMILES string of the molecule is COc1cccc(NC(=O)c2cnc3c(-c4ccc(F)cc4)c(C)nn3c2C)c1. The average molecular weight is 390 g/mol. The van der Waals surface area contributed by atoms with E-state index in [2.05, 4.69) is 15.4 Å². The summed E-state index contributed by atoms with van der Waals surface area (Å²) in [5.74, 6) is 0.0601. The van der Waals surface area contributed by atoms with Crippen LogP contribution in [-0.4, -0.2) is 27.6 Å². The van der Waals surface area contributed by atoms with Crippen LogP contribution in [0.2, 0.25) is 0 Å². The summed E-state index contributed by atoms with van der Waals surface area (Å²) in [5, 5.41) is 7.41. The lowest BCUT2D eigenvalue weighted by atomic mass is 10.1. The fourth-order valence-electron chi connectivity index (χ4n) is 3.28. The van der Waals surface area contributed by atoms with E-state index in [4.69, 9.17) is 4.74 Å². The molecule has 0 spiro atoms. The minimum Gasteiger partial charge on any atom is -0.497 e. The summed E-state index contributed by atoms with van der Waals surface area (Å²) in [6.45, 7) is 3.68. The number of nitrogens with zero attached hydrogens (tertiary/aromatic N) is 3. The fourth-order valence-corrected chi connectivity index (χ4v) is 3.28. The summed E-state index contributed by atoms with van der Waals surface area (Å²) in [6, 6.07) is 13.3. The van der Waals surface area contributed by atoms with Crippen LogP contribution in [0.5, 0.6) is 5.75 Å². The van der Waals surface area contributed by atoms with Gasteiger partial charge in [-0.15, -0.1) is 0 Å². The predicted octanol–water partition coefficient (Wildman–Crippen LogP) is 4.41. The zero-order valence-electron chi connectivity index (χ0n) is 16.2. The molecule has 0 fully saturated rings. The Morgan fingerprint density at radius 1 is 1.14 bits per heavy atom. The van der Waals surface area contributed by atoms with Crippen molar-refractivity contribution in [2.45, 2.75) is 13.8 Å². The summed E-state index contributed by atoms with van der Waals surface area (Å²) in [5.41, 5.74) is 4.69. The van der Waals surface area contributed by atoms with Gasteiger partial charge in [0.05, 0.1) is 24.1 Å². The third kappa shape index (κ3) is 3.42. The van der Waals surface area contributed by atoms with Crippen LogP contribution < -0.4 is 10.1 Å². The molecule has 7 heteroatoms. The topological polar surface area (TPSA) is 68.5 Å². The molecule has 29 heavy (non-hydrogen) atoms. The molecule has 0 aliphatic heterocycles. The van der Waals surface area contributed by atoms with E-state index in [0.717, 1.165) is 16.8 Å². The lowest BCUT2D eigenvalue weighted by Crippen LogP contribution is -2.16. The van der Waals surface area contributed by atoms with Gasteiger partial charge in [0, 0.05) is 23.5 Å². The van der Waals surface area contributed by atoms with Gasteiger partial charge in [-0.05, 0) is 43.7 Å². The van der Waals surface area contributed by atoms with E-state index in [0.29, 0.717) is 28.3 Å². The van der Waals surface area contributed by atoms with Crippen LogP contribution in [0, 0.1) is 19.7 Å². The molecule has 4 aromatic rings. The zero-order chi connectivity index (χ0) is 20.5. The number of carbonyl (C=O) groups excluding carboxylic acids is 1. The number of rotatable bonds is 4. The number of halogens is 1. The highest BCUT2D eigenvalue weighted by Crippen LogP contribution is 2.28. The van der Waals surface area contributed by atoms with E-state index in [9.17, 15) is 9.18 Å². The number of nitrogens with one attached hydrogen (secondary N) is 1. The van der Waals surface area contributed by atoms with Crippen LogP contribution in [-0.2, 0) is 0 Å². The van der Waals surface area contributed by atoms with Gasteiger partial charge in [-0.2, -0.15) is 5.10 Å². The number of methoxy groups -OCH3 is 1. The van der Waals surface area contributed by atoms with Crippen molar-refractivity contribution >= 4 is 17.2 Å². The molecule has 1 N–H and O–H groups in total. The Morgan fingerprint density at radius 2 is 1.90 bits per heavy atom. The van der Waals surface area contributed by atoms with Gasteiger partial charge in [0.25, 0.3) is 5.91 Å². The smallest absolute Gasteiger partial charge is 0.259 e. The first-order valence-electron chi connectivity index (χ1n) is 9.04. The van der Waals surface area contributed by atoms with Crippen molar-refractivity contribution in [3.05, 3.63) is 77.5 Å². The predicted molar refractivity (Wildman–Crippen MR) is 109 cm³/mol. The maximum atomic E-state index is 13.3. The Balaban J connectivity index is 1.73. The van der Waals surface area contributed by atoms with Crippen molar-refractivity contribution < 1.29 is 13.9 Å². The summed E-state index contributed by atoms with van der Waals surface area (Å²) in [4.78, 5) is 17.3. The van der Waals surface area contributed by atoms with Crippen molar-refractivity contribution in [2.24, 2.45) is 0 Å². The Hall–Kier alpha value is -3.74. The summed E-state index contributed by atoms with van der Waals surface area (Å²) >= 11 is 0. The molecule has 0 radical (unpaired) electrons. The molecule has 1 amide bonds. The lowest BCUT2D eigenvalue weighted by molar-refractivity contribution is 0.102. The molecule has 0 bridgehead atoms. The second kappa shape index (κ2) is 7.35. The number of aromatic nitrogens is 3. The minimum atomic E-state index is -0.302. The highest BCUT2D eigenvalue weighted by molar-refractivity contribution is 6.05. The van der Waals surface area contributed by atoms with Gasteiger partial charge in [-0.1, -0.05) is 18.2 Å². The third-order valence-electron chi connectivity index (χ3n) is 4.76. The number of anilines is 1. The van der Waals surface area contributed by atoms with Crippen LogP contribution in [0.15, 0.2) is 54.7 Å². The molecule has 0 atom stereocenters. The minimum absolute atomic E-state index is 0.290. The van der Waals surface area contributed by atoms with Gasteiger partial charge < -0.3 is 10.1 Å². The Kier molecular flexibility index (Phi) is 4.72. The number of hydrogen-bond donors (Lipinski definition) is 1. The van der Waals surface area contributed by atoms with Crippen molar-refractivity contribution in [1.29, 1.82) is 0 Å². The molecule has 2 aromatic heterocycles. The monoisotopic (exact) mass is 390 g/mol. The average Bonchev–Trinajstić information content (AvgIpc) is 3.06. The Labute approximate surface area is 167 Å². The molecule has 146 valence electrons. The van der Waals surface area contributed by atoms with E-state index in [1.54, 1.807) is 48.0 Å². The standard InChI is InChI=1S/C22H19FN4O2/c1-13-20(15-7-9-16(23)10-8-15)21-24-12-19(14(2)27(21)26-13)22(28)25-17-5-4-6-18(11-17)29-3/h4-12H,1-3H3,(H,25,28). The van der Waals surface area contributed by atoms with Crippen LogP contribution in [0.4, 0.5) is 10.1 Å². The number of ether oxygens (including phenoxy) is 1. The maximum absolute atomic E-state index is 13.3. The van der Waals surface area contributed by atoms with Crippen molar-refractivity contribution in [3.63, 3.8) is 0 Å². The van der Waals surface area contributed by atoms with Crippen LogP contribution in [0.25, 0.3) is 16.8 Å². The normalized spacial score (nSPS) is 10.9. The highest BCUT2D eigenvalue weighted by atomic mass is 19.1. The molecule has 0 saturated heterocycles.